The summed E-state index contributed by atoms with van der Waals surface area (Å²) in [5.41, 5.74) is 8.12. The van der Waals surface area contributed by atoms with Crippen molar-refractivity contribution in [2.75, 3.05) is 7.11 Å². The van der Waals surface area contributed by atoms with Crippen molar-refractivity contribution in [2.45, 2.75) is 26.0 Å². The standard InChI is InChI=1S/C17H20BrNO2/c1-12(19)10-14-8-9-15(20-2)17(16(14)18)21-11-13-6-4-3-5-7-13/h3-9,12H,10-11,19H2,1-2H3. The monoisotopic (exact) mass is 349 g/mol. The number of hydrogen-bond acceptors (Lipinski definition) is 3. The highest BCUT2D eigenvalue weighted by molar-refractivity contribution is 9.10. The van der Waals surface area contributed by atoms with Gasteiger partial charge in [0.2, 0.25) is 0 Å². The van der Waals surface area contributed by atoms with Crippen LogP contribution in [0.1, 0.15) is 18.1 Å². The Morgan fingerprint density at radius 2 is 1.86 bits per heavy atom. The zero-order valence-corrected chi connectivity index (χ0v) is 13.9. The van der Waals surface area contributed by atoms with Crippen molar-refractivity contribution in [3.63, 3.8) is 0 Å². The van der Waals surface area contributed by atoms with Gasteiger partial charge in [-0.05, 0) is 46.5 Å². The summed E-state index contributed by atoms with van der Waals surface area (Å²) in [7, 11) is 1.64. The van der Waals surface area contributed by atoms with E-state index < -0.39 is 0 Å². The molecule has 0 saturated heterocycles. The van der Waals surface area contributed by atoms with Crippen molar-refractivity contribution in [2.24, 2.45) is 5.73 Å². The number of ether oxygens (including phenoxy) is 2. The van der Waals surface area contributed by atoms with Crippen LogP contribution < -0.4 is 15.2 Å². The molecule has 4 heteroatoms. The Hall–Kier alpha value is -1.52. The molecule has 2 aromatic carbocycles. The highest BCUT2D eigenvalue weighted by atomic mass is 79.9. The van der Waals surface area contributed by atoms with Gasteiger partial charge in [-0.15, -0.1) is 0 Å². The molecule has 0 aliphatic carbocycles. The Morgan fingerprint density at radius 1 is 1.14 bits per heavy atom. The predicted octanol–water partition coefficient (Wildman–Crippen LogP) is 3.93. The van der Waals surface area contributed by atoms with E-state index in [1.54, 1.807) is 7.11 Å². The van der Waals surface area contributed by atoms with Crippen molar-refractivity contribution < 1.29 is 9.47 Å². The second-order valence-electron chi connectivity index (χ2n) is 5.03. The Morgan fingerprint density at radius 3 is 2.48 bits per heavy atom. The maximum Gasteiger partial charge on any atom is 0.176 e. The molecule has 0 fully saturated rings. The van der Waals surface area contributed by atoms with Gasteiger partial charge in [-0.1, -0.05) is 36.4 Å². The van der Waals surface area contributed by atoms with Gasteiger partial charge in [0.25, 0.3) is 0 Å². The minimum Gasteiger partial charge on any atom is -0.493 e. The molecule has 1 atom stereocenters. The third-order valence-corrected chi connectivity index (χ3v) is 4.00. The summed E-state index contributed by atoms with van der Waals surface area (Å²) >= 11 is 3.61. The van der Waals surface area contributed by atoms with E-state index in [2.05, 4.69) is 15.9 Å². The number of halogens is 1. The molecule has 0 radical (unpaired) electrons. The summed E-state index contributed by atoms with van der Waals surface area (Å²) in [4.78, 5) is 0. The SMILES string of the molecule is COc1ccc(CC(C)N)c(Br)c1OCc1ccccc1. The van der Waals surface area contributed by atoms with E-state index in [1.807, 2.05) is 49.4 Å². The lowest BCUT2D eigenvalue weighted by molar-refractivity contribution is 0.282. The molecule has 3 nitrogen and oxygen atoms in total. The van der Waals surface area contributed by atoms with Crippen molar-refractivity contribution in [3.8, 4) is 11.5 Å². The van der Waals surface area contributed by atoms with Crippen LogP contribution in [0, 0.1) is 0 Å². The molecule has 112 valence electrons. The highest BCUT2D eigenvalue weighted by Gasteiger charge is 2.14. The van der Waals surface area contributed by atoms with Crippen LogP contribution in [0.25, 0.3) is 0 Å². The molecule has 2 N–H and O–H groups in total. The topological polar surface area (TPSA) is 44.5 Å². The first-order chi connectivity index (χ1) is 10.1. The normalized spacial score (nSPS) is 12.0. The Kier molecular flexibility index (Phi) is 5.65. The van der Waals surface area contributed by atoms with E-state index in [9.17, 15) is 0 Å². The van der Waals surface area contributed by atoms with Crippen LogP contribution in [0.4, 0.5) is 0 Å². The van der Waals surface area contributed by atoms with E-state index in [4.69, 9.17) is 15.2 Å². The summed E-state index contributed by atoms with van der Waals surface area (Å²) in [5.74, 6) is 1.44. The van der Waals surface area contributed by atoms with Gasteiger partial charge < -0.3 is 15.2 Å². The lowest BCUT2D eigenvalue weighted by Crippen LogP contribution is -2.18. The number of nitrogens with two attached hydrogens (primary N) is 1. The molecule has 0 amide bonds. The molecule has 1 unspecified atom stereocenters. The van der Waals surface area contributed by atoms with Crippen LogP contribution in [0.15, 0.2) is 46.9 Å². The van der Waals surface area contributed by atoms with E-state index in [1.165, 1.54) is 0 Å². The van der Waals surface area contributed by atoms with Gasteiger partial charge in [0.05, 0.1) is 11.6 Å². The van der Waals surface area contributed by atoms with Gasteiger partial charge in [0.1, 0.15) is 6.61 Å². The van der Waals surface area contributed by atoms with Crippen LogP contribution in [0.5, 0.6) is 11.5 Å². The van der Waals surface area contributed by atoms with Crippen LogP contribution in [-0.2, 0) is 13.0 Å². The van der Waals surface area contributed by atoms with E-state index in [-0.39, 0.29) is 6.04 Å². The van der Waals surface area contributed by atoms with E-state index in [0.29, 0.717) is 12.4 Å². The maximum absolute atomic E-state index is 5.95. The van der Waals surface area contributed by atoms with Crippen molar-refractivity contribution in [3.05, 3.63) is 58.1 Å². The fraction of sp³-hybridized carbons (Fsp3) is 0.294. The summed E-state index contributed by atoms with van der Waals surface area (Å²) in [6, 6.07) is 14.1. The van der Waals surface area contributed by atoms with Crippen LogP contribution >= 0.6 is 15.9 Å². The summed E-state index contributed by atoms with van der Waals surface area (Å²) < 4.78 is 12.3. The Balaban J connectivity index is 2.23. The molecule has 0 saturated carbocycles. The summed E-state index contributed by atoms with van der Waals surface area (Å²) in [5, 5.41) is 0. The first-order valence-corrected chi connectivity index (χ1v) is 7.68. The first-order valence-electron chi connectivity index (χ1n) is 6.89. The van der Waals surface area contributed by atoms with Crippen molar-refractivity contribution >= 4 is 15.9 Å². The van der Waals surface area contributed by atoms with Gasteiger partial charge in [-0.25, -0.2) is 0 Å². The maximum atomic E-state index is 5.95. The fourth-order valence-electron chi connectivity index (χ4n) is 2.11. The van der Waals surface area contributed by atoms with E-state index >= 15 is 0 Å². The number of benzene rings is 2. The average molecular weight is 350 g/mol. The van der Waals surface area contributed by atoms with Gasteiger partial charge >= 0.3 is 0 Å². The summed E-state index contributed by atoms with van der Waals surface area (Å²) in [6.07, 6.45) is 0.784. The Bertz CT molecular complexity index is 585. The average Bonchev–Trinajstić information content (AvgIpc) is 2.48. The third kappa shape index (κ3) is 4.22. The first kappa shape index (κ1) is 15.9. The second-order valence-corrected chi connectivity index (χ2v) is 5.82. The molecular formula is C17H20BrNO2. The zero-order chi connectivity index (χ0) is 15.2. The summed E-state index contributed by atoms with van der Waals surface area (Å²) in [6.45, 7) is 2.48. The van der Waals surface area contributed by atoms with Crippen LogP contribution in [-0.4, -0.2) is 13.2 Å². The van der Waals surface area contributed by atoms with Gasteiger partial charge in [-0.3, -0.25) is 0 Å². The molecule has 0 aromatic heterocycles. The lowest BCUT2D eigenvalue weighted by atomic mass is 10.1. The molecule has 0 heterocycles. The van der Waals surface area contributed by atoms with Crippen LogP contribution in [0.2, 0.25) is 0 Å². The fourth-order valence-corrected chi connectivity index (χ4v) is 2.71. The minimum absolute atomic E-state index is 0.0941. The smallest absolute Gasteiger partial charge is 0.176 e. The zero-order valence-electron chi connectivity index (χ0n) is 12.3. The van der Waals surface area contributed by atoms with E-state index in [0.717, 1.165) is 27.8 Å². The lowest BCUT2D eigenvalue weighted by Gasteiger charge is -2.16. The molecule has 2 aromatic rings. The minimum atomic E-state index is 0.0941. The Labute approximate surface area is 134 Å². The molecule has 0 aliphatic rings. The second kappa shape index (κ2) is 7.48. The third-order valence-electron chi connectivity index (χ3n) is 3.13. The number of rotatable bonds is 6. The number of methoxy groups -OCH3 is 1. The molecule has 21 heavy (non-hydrogen) atoms. The molecule has 2 rings (SSSR count). The molecule has 0 bridgehead atoms. The van der Waals surface area contributed by atoms with Crippen molar-refractivity contribution in [1.82, 2.24) is 0 Å². The molecular weight excluding hydrogens is 330 g/mol. The molecule has 0 spiro atoms. The molecule has 0 aliphatic heterocycles. The largest absolute Gasteiger partial charge is 0.493 e. The van der Waals surface area contributed by atoms with Crippen LogP contribution in [0.3, 0.4) is 0 Å². The van der Waals surface area contributed by atoms with Crippen molar-refractivity contribution in [1.29, 1.82) is 0 Å². The highest BCUT2D eigenvalue weighted by Crippen LogP contribution is 2.38. The predicted molar refractivity (Wildman–Crippen MR) is 88.8 cm³/mol. The quantitative estimate of drug-likeness (QED) is 0.859. The van der Waals surface area contributed by atoms with Gasteiger partial charge in [0.15, 0.2) is 11.5 Å². The number of hydrogen-bond donors (Lipinski definition) is 1. The van der Waals surface area contributed by atoms with Gasteiger partial charge in [0, 0.05) is 6.04 Å². The van der Waals surface area contributed by atoms with Gasteiger partial charge in [-0.2, -0.15) is 0 Å².